The Morgan fingerprint density at radius 2 is 1.07 bits per heavy atom. The lowest BCUT2D eigenvalue weighted by molar-refractivity contribution is 0.0255. The van der Waals surface area contributed by atoms with Gasteiger partial charge in [0.2, 0.25) is 5.92 Å². The maximum absolute atomic E-state index is 11.9. The van der Waals surface area contributed by atoms with E-state index in [9.17, 15) is 8.78 Å². The molecule has 0 saturated carbocycles. The molecule has 0 aromatic heterocycles. The van der Waals surface area contributed by atoms with Crippen molar-refractivity contribution in [1.29, 1.82) is 0 Å². The number of benzene rings is 3. The zero-order valence-electron chi connectivity index (χ0n) is 16.4. The van der Waals surface area contributed by atoms with Crippen molar-refractivity contribution in [2.24, 2.45) is 0 Å². The van der Waals surface area contributed by atoms with Gasteiger partial charge in [-0.1, -0.05) is 109 Å². The molecule has 0 saturated heterocycles. The van der Waals surface area contributed by atoms with E-state index in [1.807, 2.05) is 0 Å². The van der Waals surface area contributed by atoms with Gasteiger partial charge in [0.1, 0.15) is 0 Å². The van der Waals surface area contributed by atoms with Crippen LogP contribution in [0.4, 0.5) is 8.78 Å². The Hall–Kier alpha value is -2.44. The molecule has 0 atom stereocenters. The van der Waals surface area contributed by atoms with Crippen LogP contribution in [-0.2, 0) is 0 Å². The molecule has 0 bridgehead atoms. The van der Waals surface area contributed by atoms with Gasteiger partial charge < -0.3 is 0 Å². The lowest BCUT2D eigenvalue weighted by atomic mass is 10.2. The summed E-state index contributed by atoms with van der Waals surface area (Å²) in [5, 5.41) is 3.95. The third-order valence-electron chi connectivity index (χ3n) is 4.30. The summed E-state index contributed by atoms with van der Waals surface area (Å²) in [5.74, 6) is -2.54. The van der Waals surface area contributed by atoms with Crippen molar-refractivity contribution in [2.75, 3.05) is 0 Å². The molecule has 28 heavy (non-hydrogen) atoms. The van der Waals surface area contributed by atoms with Crippen LogP contribution in [0.25, 0.3) is 0 Å². The molecule has 146 valence electrons. The Morgan fingerprint density at radius 1 is 0.750 bits per heavy atom. The van der Waals surface area contributed by atoms with E-state index in [0.717, 1.165) is 6.92 Å². The average Bonchev–Trinajstić information content (AvgIpc) is 2.73. The van der Waals surface area contributed by atoms with E-state index in [-0.39, 0.29) is 6.42 Å². The molecule has 3 aromatic carbocycles. The van der Waals surface area contributed by atoms with Crippen LogP contribution < -0.4 is 15.9 Å². The summed E-state index contributed by atoms with van der Waals surface area (Å²) in [6, 6.07) is 31.9. The van der Waals surface area contributed by atoms with Gasteiger partial charge in [-0.25, -0.2) is 8.78 Å². The Balaban J connectivity index is 0.000000300. The zero-order chi connectivity index (χ0) is 20.5. The Morgan fingerprint density at radius 3 is 1.29 bits per heavy atom. The van der Waals surface area contributed by atoms with Crippen molar-refractivity contribution < 1.29 is 8.78 Å². The molecule has 0 unspecified atom stereocenters. The van der Waals surface area contributed by atoms with Gasteiger partial charge in [0.05, 0.1) is 0 Å². The second kappa shape index (κ2) is 10.2. The largest absolute Gasteiger partial charge is 0.248 e. The number of hydrogen-bond acceptors (Lipinski definition) is 0. The second-order valence-electron chi connectivity index (χ2n) is 6.66. The summed E-state index contributed by atoms with van der Waals surface area (Å²) in [6.07, 6.45) is 7.62. The fourth-order valence-corrected chi connectivity index (χ4v) is 5.76. The fourth-order valence-electron chi connectivity index (χ4n) is 2.82. The van der Waals surface area contributed by atoms with E-state index in [2.05, 4.69) is 91.0 Å². The second-order valence-corrected chi connectivity index (χ2v) is 9.83. The predicted octanol–water partition coefficient (Wildman–Crippen LogP) is 6.02. The monoisotopic (exact) mass is 396 g/mol. The summed E-state index contributed by atoms with van der Waals surface area (Å²) < 4.78 is 23.7. The molecular weight excluding hydrogens is 369 g/mol. The molecular formula is C25H27F2P. The number of hydrogen-bond donors (Lipinski definition) is 0. The normalized spacial score (nSPS) is 11.7. The van der Waals surface area contributed by atoms with Crippen molar-refractivity contribution in [3.05, 3.63) is 103 Å². The fraction of sp³-hybridized carbons (Fsp3) is 0.160. The van der Waals surface area contributed by atoms with Gasteiger partial charge in [-0.05, 0) is 36.6 Å². The summed E-state index contributed by atoms with van der Waals surface area (Å²) in [6.45, 7) is 0.861. The summed E-state index contributed by atoms with van der Waals surface area (Å²) >= 11 is 0. The highest BCUT2D eigenvalue weighted by molar-refractivity contribution is 7.93. The summed E-state index contributed by atoms with van der Waals surface area (Å²) in [7, 11) is 0. The first-order chi connectivity index (χ1) is 13.4. The molecule has 0 heterocycles. The van der Waals surface area contributed by atoms with Crippen LogP contribution in [0.2, 0.25) is 0 Å². The molecule has 0 aliphatic carbocycles. The van der Waals surface area contributed by atoms with Crippen LogP contribution in [-0.4, -0.2) is 12.2 Å². The molecule has 0 N–H and O–H groups in total. The molecule has 0 nitrogen and oxygen atoms in total. The minimum Gasteiger partial charge on any atom is -0.207 e. The summed E-state index contributed by atoms with van der Waals surface area (Å²) in [4.78, 5) is 0. The highest BCUT2D eigenvalue weighted by Gasteiger charge is 2.21. The Labute approximate surface area is 167 Å². The molecule has 3 aromatic rings. The van der Waals surface area contributed by atoms with E-state index < -0.39 is 12.8 Å². The van der Waals surface area contributed by atoms with Gasteiger partial charge in [0.25, 0.3) is 0 Å². The van der Waals surface area contributed by atoms with Crippen LogP contribution in [0.3, 0.4) is 0 Å². The van der Waals surface area contributed by atoms with Gasteiger partial charge in [-0.15, -0.1) is 0 Å². The van der Waals surface area contributed by atoms with E-state index in [4.69, 9.17) is 6.30 Å². The molecule has 0 aliphatic heterocycles. The van der Waals surface area contributed by atoms with Crippen LogP contribution in [0.5, 0.6) is 0 Å². The zero-order valence-corrected chi connectivity index (χ0v) is 17.3. The van der Waals surface area contributed by atoms with E-state index in [1.165, 1.54) is 22.0 Å². The first kappa shape index (κ1) is 21.9. The molecule has 0 fully saturated rings. The number of halogens is 2. The topological polar surface area (TPSA) is 0 Å². The predicted molar refractivity (Wildman–Crippen MR) is 122 cm³/mol. The SMILES string of the molecule is C/C=C/CC(C)(F)F.C=P(c1ccccc1)(c1ccccc1)c1ccccc1. The Kier molecular flexibility index (Phi) is 7.96. The molecule has 0 amide bonds. The number of rotatable bonds is 5. The van der Waals surface area contributed by atoms with Crippen LogP contribution in [0.1, 0.15) is 20.3 Å². The molecule has 3 rings (SSSR count). The average molecular weight is 396 g/mol. The third kappa shape index (κ3) is 6.04. The van der Waals surface area contributed by atoms with Gasteiger partial charge >= 0.3 is 0 Å². The van der Waals surface area contributed by atoms with Crippen molar-refractivity contribution in [1.82, 2.24) is 0 Å². The quantitative estimate of drug-likeness (QED) is 0.365. The number of allylic oxidation sites excluding steroid dienone is 2. The van der Waals surface area contributed by atoms with E-state index in [0.29, 0.717) is 0 Å². The smallest absolute Gasteiger partial charge is 0.207 e. The minimum absolute atomic E-state index is 0.149. The maximum atomic E-state index is 11.9. The standard InChI is InChI=1S/C19H17P.C6H10F2/c1-20(17-11-5-2-6-12-17,18-13-7-3-8-14-18)19-15-9-4-10-16-19;1-3-4-5-6(2,7)8/h2-16H,1H2;3-4H,5H2,1-2H3/b;4-3+. The minimum atomic E-state index is -2.54. The summed E-state index contributed by atoms with van der Waals surface area (Å²) in [5.41, 5.74) is 0. The highest BCUT2D eigenvalue weighted by atomic mass is 31.2. The maximum Gasteiger partial charge on any atom is 0.248 e. The van der Waals surface area contributed by atoms with Gasteiger partial charge in [-0.2, -0.15) is 0 Å². The van der Waals surface area contributed by atoms with Crippen molar-refractivity contribution in [3.63, 3.8) is 0 Å². The lowest BCUT2D eigenvalue weighted by Gasteiger charge is -2.26. The molecule has 0 spiro atoms. The van der Waals surface area contributed by atoms with E-state index in [1.54, 1.807) is 13.0 Å². The number of alkyl halides is 2. The third-order valence-corrected chi connectivity index (χ3v) is 7.84. The van der Waals surface area contributed by atoms with Crippen molar-refractivity contribution in [3.8, 4) is 0 Å². The van der Waals surface area contributed by atoms with Crippen LogP contribution in [0, 0.1) is 0 Å². The van der Waals surface area contributed by atoms with Crippen molar-refractivity contribution in [2.45, 2.75) is 26.2 Å². The van der Waals surface area contributed by atoms with Gasteiger partial charge in [0.15, 0.2) is 0 Å². The molecule has 0 radical (unpaired) electrons. The molecule has 3 heteroatoms. The van der Waals surface area contributed by atoms with Crippen LogP contribution >= 0.6 is 6.89 Å². The van der Waals surface area contributed by atoms with Gasteiger partial charge in [0, 0.05) is 6.42 Å². The van der Waals surface area contributed by atoms with Crippen LogP contribution in [0.15, 0.2) is 103 Å². The van der Waals surface area contributed by atoms with Crippen molar-refractivity contribution >= 4 is 29.1 Å². The highest BCUT2D eigenvalue weighted by Crippen LogP contribution is 2.41. The first-order valence-electron chi connectivity index (χ1n) is 9.27. The Bertz CT molecular complexity index is 792. The lowest BCUT2D eigenvalue weighted by Crippen LogP contribution is -2.25. The van der Waals surface area contributed by atoms with Gasteiger partial charge in [-0.3, -0.25) is 0 Å². The van der Waals surface area contributed by atoms with E-state index >= 15 is 0 Å². The molecule has 0 aliphatic rings. The first-order valence-corrected chi connectivity index (χ1v) is 11.2.